The second-order valence-electron chi connectivity index (χ2n) is 6.49. The number of carbonyl (C=O) groups excluding carboxylic acids is 1. The fourth-order valence-electron chi connectivity index (χ4n) is 2.83. The average molecular weight is 404 g/mol. The molecular weight excluding hydrogens is 378 g/mol. The van der Waals surface area contributed by atoms with Crippen LogP contribution in [-0.2, 0) is 11.2 Å². The van der Waals surface area contributed by atoms with Crippen molar-refractivity contribution >= 4 is 21.8 Å². The molecule has 0 aliphatic rings. The lowest BCUT2D eigenvalue weighted by Gasteiger charge is -2.19. The van der Waals surface area contributed by atoms with E-state index in [0.717, 1.165) is 16.5 Å². The van der Waals surface area contributed by atoms with Gasteiger partial charge < -0.3 is 10.1 Å². The Morgan fingerprint density at radius 3 is 2.44 bits per heavy atom. The molecule has 2 aromatic carbocycles. The third-order valence-electron chi connectivity index (χ3n) is 4.49. The number of nitrogens with one attached hydrogen (secondary N) is 1. The molecule has 1 amide bonds. The molecule has 0 saturated carbocycles. The molecule has 4 heteroatoms. The van der Waals surface area contributed by atoms with Crippen LogP contribution in [0.2, 0.25) is 0 Å². The minimum absolute atomic E-state index is 0.00168. The Morgan fingerprint density at radius 2 is 1.80 bits per heavy atom. The molecule has 2 rings (SSSR count). The zero-order valence-corrected chi connectivity index (χ0v) is 17.2. The Bertz CT molecular complexity index is 771. The van der Waals surface area contributed by atoms with Crippen molar-refractivity contribution < 1.29 is 9.53 Å². The van der Waals surface area contributed by atoms with Crippen molar-refractivity contribution in [3.63, 3.8) is 0 Å². The van der Waals surface area contributed by atoms with Gasteiger partial charge in [0.1, 0.15) is 5.75 Å². The van der Waals surface area contributed by atoms with Crippen LogP contribution in [0.1, 0.15) is 47.7 Å². The highest BCUT2D eigenvalue weighted by Gasteiger charge is 2.14. The van der Waals surface area contributed by atoms with Gasteiger partial charge in [0.15, 0.2) is 6.61 Å². The summed E-state index contributed by atoms with van der Waals surface area (Å²) in [5.41, 5.74) is 6.06. The summed E-state index contributed by atoms with van der Waals surface area (Å²) in [4.78, 5) is 12.2. The zero-order valence-electron chi connectivity index (χ0n) is 15.6. The van der Waals surface area contributed by atoms with Gasteiger partial charge in [-0.05, 0) is 90.0 Å². The van der Waals surface area contributed by atoms with Gasteiger partial charge in [0.2, 0.25) is 0 Å². The molecule has 0 fully saturated rings. The van der Waals surface area contributed by atoms with Gasteiger partial charge >= 0.3 is 0 Å². The van der Waals surface area contributed by atoms with E-state index < -0.39 is 0 Å². The number of ether oxygens (including phenoxy) is 1. The van der Waals surface area contributed by atoms with Crippen molar-refractivity contribution in [2.75, 3.05) is 6.61 Å². The highest BCUT2D eigenvalue weighted by molar-refractivity contribution is 9.10. The Hall–Kier alpha value is -1.81. The number of hydrogen-bond acceptors (Lipinski definition) is 2. The Kier molecular flexibility index (Phi) is 6.65. The largest absolute Gasteiger partial charge is 0.483 e. The minimum atomic E-state index is -0.128. The van der Waals surface area contributed by atoms with Gasteiger partial charge in [0.05, 0.1) is 10.5 Å². The summed E-state index contributed by atoms with van der Waals surface area (Å²) in [7, 11) is 0. The molecule has 0 heterocycles. The van der Waals surface area contributed by atoms with Crippen molar-refractivity contribution in [3.05, 3.63) is 62.6 Å². The molecule has 0 bridgehead atoms. The van der Waals surface area contributed by atoms with Crippen LogP contribution in [0.4, 0.5) is 0 Å². The lowest BCUT2D eigenvalue weighted by atomic mass is 9.96. The molecule has 3 nitrogen and oxygen atoms in total. The first-order valence-electron chi connectivity index (χ1n) is 8.60. The van der Waals surface area contributed by atoms with E-state index in [0.29, 0.717) is 5.75 Å². The molecule has 0 unspecified atom stereocenters. The fraction of sp³-hybridized carbons (Fsp3) is 0.381. The Morgan fingerprint density at radius 1 is 1.12 bits per heavy atom. The van der Waals surface area contributed by atoms with E-state index in [-0.39, 0.29) is 18.6 Å². The highest BCUT2D eigenvalue weighted by Crippen LogP contribution is 2.26. The quantitative estimate of drug-likeness (QED) is 0.719. The molecule has 1 N–H and O–H groups in total. The molecule has 0 radical (unpaired) electrons. The minimum Gasteiger partial charge on any atom is -0.483 e. The predicted molar refractivity (Wildman–Crippen MR) is 106 cm³/mol. The first-order valence-corrected chi connectivity index (χ1v) is 9.39. The standard InChI is InChI=1S/C21H26BrNO2/c1-6-17-7-8-20(19(22)11-17)25-12-21(24)23-16(5)18-10-14(3)13(2)9-15(18)4/h7-11,16H,6,12H2,1-5H3,(H,23,24)/t16-/m1/s1. The maximum atomic E-state index is 12.2. The van der Waals surface area contributed by atoms with Gasteiger partial charge in [0, 0.05) is 0 Å². The van der Waals surface area contributed by atoms with Gasteiger partial charge in [0.25, 0.3) is 5.91 Å². The number of halogens is 1. The molecule has 0 saturated heterocycles. The van der Waals surface area contributed by atoms with Gasteiger partial charge in [-0.3, -0.25) is 4.79 Å². The third kappa shape index (κ3) is 5.08. The van der Waals surface area contributed by atoms with Crippen LogP contribution in [0.15, 0.2) is 34.8 Å². The number of benzene rings is 2. The first-order chi connectivity index (χ1) is 11.8. The second kappa shape index (κ2) is 8.52. The first kappa shape index (κ1) is 19.5. The third-order valence-corrected chi connectivity index (χ3v) is 5.11. The lowest BCUT2D eigenvalue weighted by Crippen LogP contribution is -2.31. The van der Waals surface area contributed by atoms with E-state index >= 15 is 0 Å². The van der Waals surface area contributed by atoms with Gasteiger partial charge in [-0.2, -0.15) is 0 Å². The van der Waals surface area contributed by atoms with E-state index in [4.69, 9.17) is 4.74 Å². The monoisotopic (exact) mass is 403 g/mol. The number of amides is 1. The summed E-state index contributed by atoms with van der Waals surface area (Å²) in [6.45, 7) is 10.4. The zero-order chi connectivity index (χ0) is 18.6. The summed E-state index contributed by atoms with van der Waals surface area (Å²) >= 11 is 3.49. The van der Waals surface area contributed by atoms with E-state index in [9.17, 15) is 4.79 Å². The molecule has 2 aromatic rings. The topological polar surface area (TPSA) is 38.3 Å². The number of hydrogen-bond donors (Lipinski definition) is 1. The van der Waals surface area contributed by atoms with Gasteiger partial charge in [-0.1, -0.05) is 25.1 Å². The maximum Gasteiger partial charge on any atom is 0.258 e. The highest BCUT2D eigenvalue weighted by atomic mass is 79.9. The molecule has 134 valence electrons. The van der Waals surface area contributed by atoms with Crippen LogP contribution < -0.4 is 10.1 Å². The number of rotatable bonds is 6. The van der Waals surface area contributed by atoms with Crippen LogP contribution >= 0.6 is 15.9 Å². The molecule has 1 atom stereocenters. The van der Waals surface area contributed by atoms with E-state index in [1.54, 1.807) is 0 Å². The molecule has 25 heavy (non-hydrogen) atoms. The SMILES string of the molecule is CCc1ccc(OCC(=O)N[C@H](C)c2cc(C)c(C)cc2C)c(Br)c1. The van der Waals surface area contributed by atoms with E-state index in [1.165, 1.54) is 22.3 Å². The fourth-order valence-corrected chi connectivity index (χ4v) is 3.38. The normalized spacial score (nSPS) is 11.9. The van der Waals surface area contributed by atoms with Crippen LogP contribution in [0, 0.1) is 20.8 Å². The van der Waals surface area contributed by atoms with Crippen molar-refractivity contribution in [1.82, 2.24) is 5.32 Å². The summed E-state index contributed by atoms with van der Waals surface area (Å²) in [6.07, 6.45) is 0.964. The molecule has 0 aromatic heterocycles. The predicted octanol–water partition coefficient (Wildman–Crippen LogP) is 5.19. The number of aryl methyl sites for hydroxylation is 4. The van der Waals surface area contributed by atoms with Crippen molar-refractivity contribution in [1.29, 1.82) is 0 Å². The molecule has 0 aliphatic carbocycles. The lowest BCUT2D eigenvalue weighted by molar-refractivity contribution is -0.123. The summed E-state index contributed by atoms with van der Waals surface area (Å²) in [5.74, 6) is 0.555. The maximum absolute atomic E-state index is 12.2. The Balaban J connectivity index is 1.97. The van der Waals surface area contributed by atoms with Crippen LogP contribution in [0.3, 0.4) is 0 Å². The Labute approximate surface area is 158 Å². The molecule has 0 spiro atoms. The van der Waals surface area contributed by atoms with E-state index in [1.807, 2.05) is 25.1 Å². The summed E-state index contributed by atoms with van der Waals surface area (Å²) in [6, 6.07) is 10.2. The van der Waals surface area contributed by atoms with Crippen molar-refractivity contribution in [3.8, 4) is 5.75 Å². The van der Waals surface area contributed by atoms with Gasteiger partial charge in [-0.25, -0.2) is 0 Å². The second-order valence-corrected chi connectivity index (χ2v) is 7.34. The van der Waals surface area contributed by atoms with Crippen LogP contribution in [0.5, 0.6) is 5.75 Å². The molecular formula is C21H26BrNO2. The van der Waals surface area contributed by atoms with E-state index in [2.05, 4.69) is 61.1 Å². The van der Waals surface area contributed by atoms with Crippen LogP contribution in [0.25, 0.3) is 0 Å². The summed E-state index contributed by atoms with van der Waals surface area (Å²) < 4.78 is 6.52. The van der Waals surface area contributed by atoms with Gasteiger partial charge in [-0.15, -0.1) is 0 Å². The van der Waals surface area contributed by atoms with Crippen molar-refractivity contribution in [2.24, 2.45) is 0 Å². The van der Waals surface area contributed by atoms with Crippen LogP contribution in [-0.4, -0.2) is 12.5 Å². The summed E-state index contributed by atoms with van der Waals surface area (Å²) in [5, 5.41) is 3.02. The van der Waals surface area contributed by atoms with Crippen molar-refractivity contribution in [2.45, 2.75) is 47.1 Å². The smallest absolute Gasteiger partial charge is 0.258 e. The molecule has 0 aliphatic heterocycles. The number of carbonyl (C=O) groups is 1. The average Bonchev–Trinajstić information content (AvgIpc) is 2.56.